The van der Waals surface area contributed by atoms with E-state index >= 15 is 0 Å². The van der Waals surface area contributed by atoms with Gasteiger partial charge in [-0.2, -0.15) is 0 Å². The molecule has 10 heteroatoms. The van der Waals surface area contributed by atoms with E-state index in [9.17, 15) is 19.2 Å². The Morgan fingerprint density at radius 1 is 1.05 bits per heavy atom. The molecule has 21 heavy (non-hydrogen) atoms. The van der Waals surface area contributed by atoms with Gasteiger partial charge < -0.3 is 20.8 Å². The Bertz CT molecular complexity index is 380. The summed E-state index contributed by atoms with van der Waals surface area (Å²) in [5.41, 5.74) is 0. The minimum Gasteiger partial charge on any atom is -0.481 e. The topological polar surface area (TPSA) is 133 Å². The zero-order valence-corrected chi connectivity index (χ0v) is 13.0. The average molecular weight is 338 g/mol. The predicted molar refractivity (Wildman–Crippen MR) is 79.9 cm³/mol. The largest absolute Gasteiger partial charge is 0.481 e. The molecule has 8 nitrogen and oxygen atoms in total. The molecule has 0 aliphatic heterocycles. The normalized spacial score (nSPS) is 13.0. The molecule has 2 amide bonds. The average Bonchev–Trinajstić information content (AvgIpc) is 2.39. The first-order chi connectivity index (χ1) is 9.88. The first-order valence-corrected chi connectivity index (χ1v) is 8.48. The zero-order valence-electron chi connectivity index (χ0n) is 11.4. The van der Waals surface area contributed by atoms with E-state index in [2.05, 4.69) is 10.6 Å². The zero-order chi connectivity index (χ0) is 16.3. The predicted octanol–water partition coefficient (Wildman–Crippen LogP) is -0.348. The molecule has 0 aliphatic carbocycles. The van der Waals surface area contributed by atoms with E-state index in [0.717, 1.165) is 0 Å². The summed E-state index contributed by atoms with van der Waals surface area (Å²) in [5.74, 6) is -3.32. The van der Waals surface area contributed by atoms with Crippen LogP contribution in [0.2, 0.25) is 0 Å². The number of rotatable bonds is 12. The summed E-state index contributed by atoms with van der Waals surface area (Å²) in [7, 11) is 2.45. The summed E-state index contributed by atoms with van der Waals surface area (Å²) in [6.45, 7) is 1.37. The number of carbonyl (C=O) groups excluding carboxylic acids is 2. The maximum absolute atomic E-state index is 11.0. The molecule has 0 heterocycles. The molecule has 0 fully saturated rings. The molecule has 4 N–H and O–H groups in total. The molecule has 2 atom stereocenters. The van der Waals surface area contributed by atoms with Gasteiger partial charge in [-0.15, -0.1) is 0 Å². The Balaban J connectivity index is 4.06. The van der Waals surface area contributed by atoms with Crippen LogP contribution in [0, 0.1) is 11.8 Å². The fourth-order valence-corrected chi connectivity index (χ4v) is 3.76. The summed E-state index contributed by atoms with van der Waals surface area (Å²) in [6, 6.07) is 0. The van der Waals surface area contributed by atoms with Crippen LogP contribution in [0.4, 0.5) is 0 Å². The van der Waals surface area contributed by atoms with Gasteiger partial charge in [0.2, 0.25) is 12.3 Å². The van der Waals surface area contributed by atoms with Crippen LogP contribution < -0.4 is 10.6 Å². The Hall–Kier alpha value is -1.42. The van der Waals surface area contributed by atoms with Crippen LogP contribution in [0.15, 0.2) is 0 Å². The number of carboxylic acid groups (broad SMARTS) is 2. The van der Waals surface area contributed by atoms with E-state index in [4.69, 9.17) is 10.2 Å². The highest BCUT2D eigenvalue weighted by atomic mass is 33.1. The van der Waals surface area contributed by atoms with Crippen LogP contribution in [0.5, 0.6) is 0 Å². The quantitative estimate of drug-likeness (QED) is 0.216. The lowest BCUT2D eigenvalue weighted by Crippen LogP contribution is -2.32. The van der Waals surface area contributed by atoms with Gasteiger partial charge in [-0.3, -0.25) is 19.2 Å². The van der Waals surface area contributed by atoms with Gasteiger partial charge in [-0.05, 0) is 0 Å². The molecule has 0 spiro atoms. The van der Waals surface area contributed by atoms with Crippen molar-refractivity contribution in [1.29, 1.82) is 0 Å². The second-order valence-corrected chi connectivity index (χ2v) is 6.65. The highest BCUT2D eigenvalue weighted by Crippen LogP contribution is 2.26. The molecule has 0 aromatic rings. The van der Waals surface area contributed by atoms with Crippen molar-refractivity contribution in [3.05, 3.63) is 0 Å². The number of carbonyl (C=O) groups is 4. The number of hydrogen-bond donors (Lipinski definition) is 4. The molecule has 0 saturated heterocycles. The van der Waals surface area contributed by atoms with Gasteiger partial charge in [-0.25, -0.2) is 0 Å². The molecule has 120 valence electrons. The highest BCUT2D eigenvalue weighted by Gasteiger charge is 2.20. The van der Waals surface area contributed by atoms with Crippen molar-refractivity contribution < 1.29 is 29.4 Å². The fraction of sp³-hybridized carbons (Fsp3) is 0.636. The van der Waals surface area contributed by atoms with Crippen molar-refractivity contribution >= 4 is 45.8 Å². The fourth-order valence-electron chi connectivity index (χ4n) is 1.15. The second-order valence-electron chi connectivity index (χ2n) is 4.10. The van der Waals surface area contributed by atoms with Crippen LogP contribution in [-0.2, 0) is 19.2 Å². The number of aliphatic carboxylic acids is 2. The Morgan fingerprint density at radius 3 is 1.90 bits per heavy atom. The van der Waals surface area contributed by atoms with Crippen molar-refractivity contribution in [2.24, 2.45) is 11.8 Å². The van der Waals surface area contributed by atoms with E-state index in [-0.39, 0.29) is 30.5 Å². The van der Waals surface area contributed by atoms with Crippen molar-refractivity contribution in [3.63, 3.8) is 0 Å². The summed E-state index contributed by atoms with van der Waals surface area (Å²) in [5, 5.41) is 22.6. The van der Waals surface area contributed by atoms with E-state index in [1.54, 1.807) is 0 Å². The SMILES string of the molecule is CC(=O)NC[C@@H](CSSC[C@H](CNC=O)C(=O)O)C(=O)O. The van der Waals surface area contributed by atoms with Crippen LogP contribution in [0.1, 0.15) is 6.92 Å². The number of amides is 2. The first-order valence-electron chi connectivity index (χ1n) is 6.00. The molecule has 0 unspecified atom stereocenters. The van der Waals surface area contributed by atoms with Crippen molar-refractivity contribution in [1.82, 2.24) is 10.6 Å². The summed E-state index contributed by atoms with van der Waals surface area (Å²) in [4.78, 5) is 42.8. The van der Waals surface area contributed by atoms with Gasteiger partial charge in [0, 0.05) is 31.5 Å². The first kappa shape index (κ1) is 19.6. The third-order valence-corrected chi connectivity index (χ3v) is 4.93. The van der Waals surface area contributed by atoms with E-state index in [1.165, 1.54) is 28.5 Å². The summed E-state index contributed by atoms with van der Waals surface area (Å²) in [6.07, 6.45) is 0.432. The second kappa shape index (κ2) is 11.3. The van der Waals surface area contributed by atoms with E-state index in [1.807, 2.05) is 0 Å². The van der Waals surface area contributed by atoms with Gasteiger partial charge in [0.05, 0.1) is 11.8 Å². The Labute approximate surface area is 129 Å². The maximum atomic E-state index is 11.0. The minimum atomic E-state index is -1.02. The minimum absolute atomic E-state index is 0.0284. The smallest absolute Gasteiger partial charge is 0.309 e. The Kier molecular flexibility index (Phi) is 10.5. The molecule has 0 saturated carbocycles. The lowest BCUT2D eigenvalue weighted by atomic mass is 10.2. The number of carboxylic acids is 2. The lowest BCUT2D eigenvalue weighted by molar-refractivity contribution is -0.142. The van der Waals surface area contributed by atoms with Gasteiger partial charge in [0.15, 0.2) is 0 Å². The van der Waals surface area contributed by atoms with Crippen LogP contribution in [0.3, 0.4) is 0 Å². The van der Waals surface area contributed by atoms with Crippen LogP contribution in [0.25, 0.3) is 0 Å². The standard InChI is InChI=1S/C11H18N2O6S2/c1-7(15)13-3-9(11(18)19)5-21-20-4-8(10(16)17)2-12-6-14/h6,8-9H,2-5H2,1H3,(H,12,14)(H,13,15)(H,16,17)(H,18,19)/t8-,9-/m0/s1. The Morgan fingerprint density at radius 2 is 1.52 bits per heavy atom. The van der Waals surface area contributed by atoms with Crippen molar-refractivity contribution in [2.75, 3.05) is 24.6 Å². The molecule has 0 bridgehead atoms. The number of nitrogens with one attached hydrogen (secondary N) is 2. The lowest BCUT2D eigenvalue weighted by Gasteiger charge is -2.13. The van der Waals surface area contributed by atoms with E-state index in [0.29, 0.717) is 6.41 Å². The van der Waals surface area contributed by atoms with Crippen molar-refractivity contribution in [3.8, 4) is 0 Å². The highest BCUT2D eigenvalue weighted by molar-refractivity contribution is 8.76. The molecule has 0 radical (unpaired) electrons. The third kappa shape index (κ3) is 10.0. The number of hydrogen-bond acceptors (Lipinski definition) is 6. The molecule has 0 aromatic carbocycles. The van der Waals surface area contributed by atoms with Gasteiger partial charge in [0.25, 0.3) is 0 Å². The van der Waals surface area contributed by atoms with Crippen LogP contribution in [-0.4, -0.2) is 59.1 Å². The molecular weight excluding hydrogens is 320 g/mol. The molecule has 0 rings (SSSR count). The van der Waals surface area contributed by atoms with E-state index < -0.39 is 23.8 Å². The third-order valence-electron chi connectivity index (χ3n) is 2.37. The molecular formula is C11H18N2O6S2. The maximum Gasteiger partial charge on any atom is 0.309 e. The monoisotopic (exact) mass is 338 g/mol. The molecule has 0 aliphatic rings. The molecule has 0 aromatic heterocycles. The van der Waals surface area contributed by atoms with Gasteiger partial charge in [-0.1, -0.05) is 21.6 Å². The summed E-state index contributed by atoms with van der Waals surface area (Å²) < 4.78 is 0. The van der Waals surface area contributed by atoms with Gasteiger partial charge >= 0.3 is 11.9 Å². The summed E-state index contributed by atoms with van der Waals surface area (Å²) >= 11 is 0. The van der Waals surface area contributed by atoms with Gasteiger partial charge in [0.1, 0.15) is 0 Å². The van der Waals surface area contributed by atoms with Crippen molar-refractivity contribution in [2.45, 2.75) is 6.92 Å². The van der Waals surface area contributed by atoms with Crippen LogP contribution >= 0.6 is 21.6 Å².